The number of anilines is 1. The van der Waals surface area contributed by atoms with E-state index in [1.807, 2.05) is 13.0 Å². The van der Waals surface area contributed by atoms with Crippen LogP contribution in [0.25, 0.3) is 0 Å². The van der Waals surface area contributed by atoms with E-state index < -0.39 is 17.8 Å². The maximum absolute atomic E-state index is 11.8. The lowest BCUT2D eigenvalue weighted by Crippen LogP contribution is -2.38. The van der Waals surface area contributed by atoms with Crippen molar-refractivity contribution in [1.82, 2.24) is 10.2 Å². The predicted octanol–water partition coefficient (Wildman–Crippen LogP) is 1.25. The quantitative estimate of drug-likeness (QED) is 0.821. The number of carbonyl (C=O) groups excluding carboxylic acids is 3. The second-order valence-electron chi connectivity index (χ2n) is 4.15. The molecule has 0 aliphatic carbocycles. The van der Waals surface area contributed by atoms with Gasteiger partial charge in [-0.1, -0.05) is 15.9 Å². The first-order valence-electron chi connectivity index (χ1n) is 5.61. The monoisotopic (exact) mass is 325 g/mol. The first kappa shape index (κ1) is 13.5. The van der Waals surface area contributed by atoms with Crippen molar-refractivity contribution in [3.8, 4) is 0 Å². The van der Waals surface area contributed by atoms with E-state index in [0.29, 0.717) is 5.69 Å². The number of benzene rings is 1. The summed E-state index contributed by atoms with van der Waals surface area (Å²) in [5.41, 5.74) is 1.60. The van der Waals surface area contributed by atoms with Gasteiger partial charge in [-0.2, -0.15) is 0 Å². The first-order chi connectivity index (χ1) is 8.97. The van der Waals surface area contributed by atoms with Crippen LogP contribution in [0.3, 0.4) is 0 Å². The van der Waals surface area contributed by atoms with Crippen LogP contribution < -0.4 is 10.6 Å². The van der Waals surface area contributed by atoms with Gasteiger partial charge in [-0.05, 0) is 30.7 Å². The molecule has 1 aromatic rings. The van der Waals surface area contributed by atoms with Crippen LogP contribution in [0, 0.1) is 6.92 Å². The van der Waals surface area contributed by atoms with Crippen molar-refractivity contribution in [3.63, 3.8) is 0 Å². The Morgan fingerprint density at radius 1 is 1.47 bits per heavy atom. The van der Waals surface area contributed by atoms with Crippen molar-refractivity contribution >= 4 is 39.5 Å². The molecule has 1 aromatic carbocycles. The molecule has 0 atom stereocenters. The number of nitrogens with zero attached hydrogens (tertiary/aromatic N) is 1. The largest absolute Gasteiger partial charge is 0.329 e. The molecule has 0 bridgehead atoms. The van der Waals surface area contributed by atoms with Crippen molar-refractivity contribution in [1.29, 1.82) is 0 Å². The lowest BCUT2D eigenvalue weighted by Gasteiger charge is -2.12. The third-order valence-electron chi connectivity index (χ3n) is 2.68. The Morgan fingerprint density at radius 3 is 2.79 bits per heavy atom. The molecule has 1 aliphatic rings. The van der Waals surface area contributed by atoms with E-state index in [1.54, 1.807) is 12.1 Å². The topological polar surface area (TPSA) is 78.5 Å². The molecule has 0 saturated carbocycles. The molecule has 2 N–H and O–H groups in total. The zero-order chi connectivity index (χ0) is 14.0. The van der Waals surface area contributed by atoms with Crippen LogP contribution in [0.2, 0.25) is 0 Å². The van der Waals surface area contributed by atoms with Crippen molar-refractivity contribution in [2.75, 3.05) is 18.4 Å². The molecular formula is C12H12BrN3O3. The minimum Gasteiger partial charge on any atom is -0.329 e. The van der Waals surface area contributed by atoms with Crippen molar-refractivity contribution in [2.24, 2.45) is 0 Å². The van der Waals surface area contributed by atoms with E-state index >= 15 is 0 Å². The molecule has 0 radical (unpaired) electrons. The smallest absolute Gasteiger partial charge is 0.325 e. The first-order valence-corrected chi connectivity index (χ1v) is 6.41. The second-order valence-corrected chi connectivity index (χ2v) is 5.01. The molecule has 1 heterocycles. The SMILES string of the molecule is Cc1cc(NC(=O)CN2C(=O)CNC2=O)ccc1Br. The number of rotatable bonds is 3. The molecule has 19 heavy (non-hydrogen) atoms. The molecule has 1 fully saturated rings. The molecule has 4 amide bonds. The fourth-order valence-electron chi connectivity index (χ4n) is 1.68. The van der Waals surface area contributed by atoms with Crippen LogP contribution in [0.1, 0.15) is 5.56 Å². The zero-order valence-electron chi connectivity index (χ0n) is 10.2. The molecule has 2 rings (SSSR count). The molecule has 1 saturated heterocycles. The van der Waals surface area contributed by atoms with E-state index in [4.69, 9.17) is 0 Å². The summed E-state index contributed by atoms with van der Waals surface area (Å²) in [6.07, 6.45) is 0. The minimum atomic E-state index is -0.535. The summed E-state index contributed by atoms with van der Waals surface area (Å²) in [5.74, 6) is -0.806. The van der Waals surface area contributed by atoms with Crippen molar-refractivity contribution < 1.29 is 14.4 Å². The van der Waals surface area contributed by atoms with E-state index in [2.05, 4.69) is 26.6 Å². The fraction of sp³-hybridized carbons (Fsp3) is 0.250. The third-order valence-corrected chi connectivity index (χ3v) is 3.57. The van der Waals surface area contributed by atoms with Gasteiger partial charge in [-0.3, -0.25) is 14.5 Å². The molecule has 1 aliphatic heterocycles. The number of aryl methyl sites for hydroxylation is 1. The third kappa shape index (κ3) is 3.11. The predicted molar refractivity (Wildman–Crippen MR) is 72.6 cm³/mol. The Kier molecular flexibility index (Phi) is 3.84. The molecule has 7 heteroatoms. The summed E-state index contributed by atoms with van der Waals surface area (Å²) in [6.45, 7) is 1.57. The molecule has 6 nitrogen and oxygen atoms in total. The van der Waals surface area contributed by atoms with Gasteiger partial charge in [0.15, 0.2) is 0 Å². The molecule has 0 spiro atoms. The summed E-state index contributed by atoms with van der Waals surface area (Å²) in [5, 5.41) is 5.00. The number of carbonyl (C=O) groups is 3. The normalized spacial score (nSPS) is 14.5. The average Bonchev–Trinajstić information content (AvgIpc) is 2.66. The van der Waals surface area contributed by atoms with Crippen LogP contribution in [-0.2, 0) is 9.59 Å². The maximum atomic E-state index is 11.8. The molecule has 100 valence electrons. The summed E-state index contributed by atoms with van der Waals surface area (Å²) in [6, 6.07) is 4.82. The molecule has 0 aromatic heterocycles. The average molecular weight is 326 g/mol. The van der Waals surface area contributed by atoms with Gasteiger partial charge >= 0.3 is 6.03 Å². The van der Waals surface area contributed by atoms with Crippen LogP contribution in [0.15, 0.2) is 22.7 Å². The van der Waals surface area contributed by atoms with Crippen LogP contribution in [0.4, 0.5) is 10.5 Å². The Balaban J connectivity index is 1.99. The van der Waals surface area contributed by atoms with Gasteiger partial charge in [0.2, 0.25) is 5.91 Å². The summed E-state index contributed by atoms with van der Waals surface area (Å²) >= 11 is 3.36. The Hall–Kier alpha value is -1.89. The lowest BCUT2D eigenvalue weighted by atomic mass is 10.2. The fourth-order valence-corrected chi connectivity index (χ4v) is 1.93. The highest BCUT2D eigenvalue weighted by Crippen LogP contribution is 2.19. The lowest BCUT2D eigenvalue weighted by molar-refractivity contribution is -0.128. The van der Waals surface area contributed by atoms with Gasteiger partial charge < -0.3 is 10.6 Å². The summed E-state index contributed by atoms with van der Waals surface area (Å²) in [7, 11) is 0. The van der Waals surface area contributed by atoms with Crippen molar-refractivity contribution in [3.05, 3.63) is 28.2 Å². The number of nitrogens with one attached hydrogen (secondary N) is 2. The van der Waals surface area contributed by atoms with Crippen molar-refractivity contribution in [2.45, 2.75) is 6.92 Å². The number of hydrogen-bond acceptors (Lipinski definition) is 3. The number of hydrogen-bond donors (Lipinski definition) is 2. The Labute approximate surface area is 118 Å². The van der Waals surface area contributed by atoms with Gasteiger partial charge in [-0.25, -0.2) is 4.79 Å². The second kappa shape index (κ2) is 5.40. The maximum Gasteiger partial charge on any atom is 0.325 e. The number of imide groups is 1. The minimum absolute atomic E-state index is 0.0521. The highest BCUT2D eigenvalue weighted by atomic mass is 79.9. The van der Waals surface area contributed by atoms with Gasteiger partial charge in [-0.15, -0.1) is 0 Å². The van der Waals surface area contributed by atoms with Gasteiger partial charge in [0.25, 0.3) is 5.91 Å². The van der Waals surface area contributed by atoms with Gasteiger partial charge in [0.1, 0.15) is 6.54 Å². The van der Waals surface area contributed by atoms with Crippen LogP contribution in [-0.4, -0.2) is 35.8 Å². The van der Waals surface area contributed by atoms with Crippen LogP contribution in [0.5, 0.6) is 0 Å². The molecular weight excluding hydrogens is 314 g/mol. The number of amides is 4. The Bertz CT molecular complexity index is 543. The number of halogens is 1. The van der Waals surface area contributed by atoms with E-state index in [-0.39, 0.29) is 13.1 Å². The standard InChI is InChI=1S/C12H12BrN3O3/c1-7-4-8(2-3-9(7)13)15-10(17)6-16-11(18)5-14-12(16)19/h2-4H,5-6H2,1H3,(H,14,19)(H,15,17). The van der Waals surface area contributed by atoms with E-state index in [9.17, 15) is 14.4 Å². The zero-order valence-corrected chi connectivity index (χ0v) is 11.8. The Morgan fingerprint density at radius 2 is 2.21 bits per heavy atom. The highest BCUT2D eigenvalue weighted by molar-refractivity contribution is 9.10. The van der Waals surface area contributed by atoms with Gasteiger partial charge in [0.05, 0.1) is 6.54 Å². The summed E-state index contributed by atoms with van der Waals surface area (Å²) < 4.78 is 0.944. The van der Waals surface area contributed by atoms with E-state index in [0.717, 1.165) is 14.9 Å². The van der Waals surface area contributed by atoms with Gasteiger partial charge in [0, 0.05) is 10.2 Å². The van der Waals surface area contributed by atoms with E-state index in [1.165, 1.54) is 0 Å². The summed E-state index contributed by atoms with van der Waals surface area (Å²) in [4.78, 5) is 35.3. The molecule has 0 unspecified atom stereocenters. The number of urea groups is 1. The highest BCUT2D eigenvalue weighted by Gasteiger charge is 2.30. The van der Waals surface area contributed by atoms with Crippen LogP contribution >= 0.6 is 15.9 Å².